The highest BCUT2D eigenvalue weighted by Crippen LogP contribution is 2.33. The van der Waals surface area contributed by atoms with Crippen molar-refractivity contribution in [1.29, 1.82) is 5.26 Å². The van der Waals surface area contributed by atoms with Crippen molar-refractivity contribution in [3.05, 3.63) is 78.3 Å². The van der Waals surface area contributed by atoms with Crippen molar-refractivity contribution < 1.29 is 14.3 Å². The molecule has 0 radical (unpaired) electrons. The largest absolute Gasteiger partial charge is 0.457 e. The van der Waals surface area contributed by atoms with E-state index in [-0.39, 0.29) is 17.2 Å². The Hall–Kier alpha value is -4.52. The number of hydrogen-bond acceptors (Lipinski definition) is 8. The van der Waals surface area contributed by atoms with Gasteiger partial charge in [0, 0.05) is 30.4 Å². The minimum Gasteiger partial charge on any atom is -0.457 e. The summed E-state index contributed by atoms with van der Waals surface area (Å²) in [4.78, 5) is 27.2. The maximum Gasteiger partial charge on any atom is 0.240 e. The third-order valence-corrected chi connectivity index (χ3v) is 6.60. The Balaban J connectivity index is 1.41. The quantitative estimate of drug-likeness (QED) is 0.208. The normalized spacial score (nSPS) is 14.8. The van der Waals surface area contributed by atoms with Gasteiger partial charge in [0.15, 0.2) is 0 Å². The van der Waals surface area contributed by atoms with Crippen LogP contribution < -0.4 is 10.5 Å². The molecule has 0 aliphatic carbocycles. The minimum absolute atomic E-state index is 0.0268. The molecule has 0 bridgehead atoms. The molecule has 9 heteroatoms. The van der Waals surface area contributed by atoms with E-state index in [0.29, 0.717) is 30.0 Å². The summed E-state index contributed by atoms with van der Waals surface area (Å²) in [6.07, 6.45) is 3.45. The lowest BCUT2D eigenvalue weighted by atomic mass is 9.96. The summed E-state index contributed by atoms with van der Waals surface area (Å²) >= 11 is 0. The molecule has 0 spiro atoms. The fraction of sp³-hybridized carbons (Fsp3) is 0.241. The summed E-state index contributed by atoms with van der Waals surface area (Å²) in [6, 6.07) is 19.2. The number of aromatic nitrogens is 3. The summed E-state index contributed by atoms with van der Waals surface area (Å²) in [5.74, 6) is 0.916. The van der Waals surface area contributed by atoms with Crippen molar-refractivity contribution in [2.75, 3.05) is 32.0 Å². The Bertz CT molecular complexity index is 1530. The number of nitrogens with two attached hydrogens (primary N) is 1. The molecule has 1 fully saturated rings. The molecule has 192 valence electrons. The Morgan fingerprint density at radius 2 is 1.79 bits per heavy atom. The average molecular weight is 509 g/mol. The molecular formula is C29H28N6O3. The van der Waals surface area contributed by atoms with Gasteiger partial charge in [-0.2, -0.15) is 5.26 Å². The van der Waals surface area contributed by atoms with Crippen molar-refractivity contribution >= 4 is 22.6 Å². The molecule has 3 heterocycles. The molecule has 9 nitrogen and oxygen atoms in total. The van der Waals surface area contributed by atoms with E-state index in [9.17, 15) is 10.1 Å². The van der Waals surface area contributed by atoms with E-state index >= 15 is 0 Å². The number of hydrogen-bond donors (Lipinski definition) is 2. The number of carbonyl (C=O) groups excluding carboxylic acids is 1. The standard InChI is InChI=1S/C29H28N6O3/c1-29(2,35-12-14-37-15-13-35)16-20(17-30)25(36)28-33-26(31)24-23(18-32-27(24)34-28)19-8-10-22(11-9-19)38-21-6-4-3-5-7-21/h3-11,16,18H,12-15H2,1-2H3,(H3,31,32,33,34). The number of benzene rings is 2. The lowest BCUT2D eigenvalue weighted by Crippen LogP contribution is -2.49. The number of aromatic amines is 1. The van der Waals surface area contributed by atoms with Crippen LogP contribution in [-0.2, 0) is 4.74 Å². The van der Waals surface area contributed by atoms with Crippen LogP contribution in [-0.4, -0.2) is 57.5 Å². The fourth-order valence-corrected chi connectivity index (χ4v) is 4.57. The highest BCUT2D eigenvalue weighted by Gasteiger charge is 2.29. The number of nitrogen functional groups attached to an aromatic ring is 1. The van der Waals surface area contributed by atoms with Gasteiger partial charge in [-0.15, -0.1) is 0 Å². The molecule has 1 aliphatic rings. The van der Waals surface area contributed by atoms with E-state index in [0.717, 1.165) is 30.0 Å². The first-order valence-electron chi connectivity index (χ1n) is 12.3. The van der Waals surface area contributed by atoms with Crippen LogP contribution in [0.25, 0.3) is 22.2 Å². The van der Waals surface area contributed by atoms with Crippen LogP contribution in [0.15, 0.2) is 72.4 Å². The molecule has 4 aromatic rings. The van der Waals surface area contributed by atoms with Gasteiger partial charge >= 0.3 is 0 Å². The molecule has 0 atom stereocenters. The molecule has 3 N–H and O–H groups in total. The van der Waals surface area contributed by atoms with Crippen molar-refractivity contribution in [2.45, 2.75) is 19.4 Å². The number of ketones is 1. The Kier molecular flexibility index (Phi) is 6.92. The first-order chi connectivity index (χ1) is 18.4. The molecule has 0 saturated carbocycles. The third kappa shape index (κ3) is 5.13. The van der Waals surface area contributed by atoms with Crippen LogP contribution in [0, 0.1) is 11.3 Å². The highest BCUT2D eigenvalue weighted by atomic mass is 16.5. The SMILES string of the molecule is CC(C)(C=C(C#N)C(=O)c1nc(N)c2c(-c3ccc(Oc4ccccc4)cc3)c[nH]c2n1)N1CCOCC1. The second-order valence-corrected chi connectivity index (χ2v) is 9.55. The monoisotopic (exact) mass is 508 g/mol. The number of carbonyl (C=O) groups is 1. The number of nitriles is 1. The van der Waals surface area contributed by atoms with Crippen molar-refractivity contribution in [1.82, 2.24) is 19.9 Å². The Morgan fingerprint density at radius 1 is 1.11 bits per heavy atom. The van der Waals surface area contributed by atoms with E-state index in [1.54, 1.807) is 12.3 Å². The third-order valence-electron chi connectivity index (χ3n) is 6.60. The van der Waals surface area contributed by atoms with Gasteiger partial charge in [0.1, 0.15) is 34.6 Å². The lowest BCUT2D eigenvalue weighted by Gasteiger charge is -2.39. The summed E-state index contributed by atoms with van der Waals surface area (Å²) in [7, 11) is 0. The van der Waals surface area contributed by atoms with E-state index in [1.807, 2.05) is 74.5 Å². The molecule has 5 rings (SSSR count). The zero-order chi connectivity index (χ0) is 26.7. The van der Waals surface area contributed by atoms with Crippen LogP contribution in [0.1, 0.15) is 24.5 Å². The molecule has 2 aromatic carbocycles. The lowest BCUT2D eigenvalue weighted by molar-refractivity contribution is 0.00460. The van der Waals surface area contributed by atoms with Gasteiger partial charge < -0.3 is 20.2 Å². The van der Waals surface area contributed by atoms with E-state index in [1.165, 1.54) is 0 Å². The Morgan fingerprint density at radius 3 is 2.47 bits per heavy atom. The van der Waals surface area contributed by atoms with E-state index in [2.05, 4.69) is 19.9 Å². The number of ether oxygens (including phenoxy) is 2. The topological polar surface area (TPSA) is 130 Å². The summed E-state index contributed by atoms with van der Waals surface area (Å²) < 4.78 is 11.3. The van der Waals surface area contributed by atoms with Gasteiger partial charge in [-0.05, 0) is 49.8 Å². The fourth-order valence-electron chi connectivity index (χ4n) is 4.57. The van der Waals surface area contributed by atoms with Gasteiger partial charge in [-0.3, -0.25) is 9.69 Å². The maximum atomic E-state index is 13.3. The smallest absolute Gasteiger partial charge is 0.240 e. The number of allylic oxidation sites excluding steroid dienone is 1. The number of morpholine rings is 1. The van der Waals surface area contributed by atoms with E-state index < -0.39 is 11.3 Å². The molecule has 0 unspecified atom stereocenters. The zero-order valence-electron chi connectivity index (χ0n) is 21.3. The average Bonchev–Trinajstić information content (AvgIpc) is 3.38. The second-order valence-electron chi connectivity index (χ2n) is 9.55. The first kappa shape index (κ1) is 25.1. The number of rotatable bonds is 7. The zero-order valence-corrected chi connectivity index (χ0v) is 21.3. The molecule has 38 heavy (non-hydrogen) atoms. The van der Waals surface area contributed by atoms with Crippen LogP contribution in [0.5, 0.6) is 11.5 Å². The summed E-state index contributed by atoms with van der Waals surface area (Å²) in [6.45, 7) is 6.60. The molecule has 0 amide bonds. The molecular weight excluding hydrogens is 480 g/mol. The molecule has 1 aliphatic heterocycles. The summed E-state index contributed by atoms with van der Waals surface area (Å²) in [5, 5.41) is 10.4. The maximum absolute atomic E-state index is 13.3. The van der Waals surface area contributed by atoms with Crippen molar-refractivity contribution in [3.8, 4) is 28.7 Å². The first-order valence-corrected chi connectivity index (χ1v) is 12.3. The number of nitrogens with zero attached hydrogens (tertiary/aromatic N) is 4. The second kappa shape index (κ2) is 10.5. The predicted molar refractivity (Wildman–Crippen MR) is 145 cm³/mol. The number of Topliss-reactive ketones (excluding diaryl/α,β-unsaturated/α-hetero) is 1. The molecule has 1 saturated heterocycles. The van der Waals surface area contributed by atoms with Crippen molar-refractivity contribution in [3.63, 3.8) is 0 Å². The van der Waals surface area contributed by atoms with Crippen LogP contribution in [0.3, 0.4) is 0 Å². The Labute approximate surface area is 220 Å². The predicted octanol–water partition coefficient (Wildman–Crippen LogP) is 4.74. The summed E-state index contributed by atoms with van der Waals surface area (Å²) in [5.41, 5.74) is 7.88. The number of anilines is 1. The molecule has 2 aromatic heterocycles. The number of para-hydroxylation sites is 1. The number of H-pyrrole nitrogens is 1. The van der Waals surface area contributed by atoms with Gasteiger partial charge in [0.25, 0.3) is 0 Å². The van der Waals surface area contributed by atoms with Crippen LogP contribution in [0.4, 0.5) is 5.82 Å². The van der Waals surface area contributed by atoms with Crippen LogP contribution >= 0.6 is 0 Å². The van der Waals surface area contributed by atoms with Gasteiger partial charge in [-0.1, -0.05) is 30.3 Å². The number of fused-ring (bicyclic) bond motifs is 1. The number of nitrogens with one attached hydrogen (secondary N) is 1. The highest BCUT2D eigenvalue weighted by molar-refractivity contribution is 6.11. The van der Waals surface area contributed by atoms with Crippen LogP contribution in [0.2, 0.25) is 0 Å². The van der Waals surface area contributed by atoms with Gasteiger partial charge in [0.05, 0.1) is 18.6 Å². The minimum atomic E-state index is -0.569. The van der Waals surface area contributed by atoms with Gasteiger partial charge in [0.2, 0.25) is 11.6 Å². The van der Waals surface area contributed by atoms with Gasteiger partial charge in [-0.25, -0.2) is 9.97 Å². The van der Waals surface area contributed by atoms with Crippen molar-refractivity contribution in [2.24, 2.45) is 0 Å². The van der Waals surface area contributed by atoms with E-state index in [4.69, 9.17) is 15.2 Å².